The van der Waals surface area contributed by atoms with Crippen LogP contribution in [0.5, 0.6) is 0 Å². The van der Waals surface area contributed by atoms with Crippen LogP contribution in [0.25, 0.3) is 0 Å². The molecular formula is C12H18N2OSi. The molecule has 0 radical (unpaired) electrons. The van der Waals surface area contributed by atoms with E-state index in [0.717, 1.165) is 5.69 Å². The number of carbonyl (C=O) groups is 1. The minimum atomic E-state index is -1.53. The SMILES string of the molecule is C[Si](C)(C)N1C(=O)CC1Nc1ccccc1. The van der Waals surface area contributed by atoms with Crippen molar-refractivity contribution in [2.24, 2.45) is 0 Å². The fourth-order valence-corrected chi connectivity index (χ4v) is 4.03. The van der Waals surface area contributed by atoms with Gasteiger partial charge in [-0.3, -0.25) is 4.79 Å². The highest BCUT2D eigenvalue weighted by Gasteiger charge is 2.43. The maximum absolute atomic E-state index is 11.6. The first-order valence-corrected chi connectivity index (χ1v) is 9.07. The van der Waals surface area contributed by atoms with Gasteiger partial charge in [-0.15, -0.1) is 0 Å². The van der Waals surface area contributed by atoms with E-state index in [1.807, 2.05) is 34.9 Å². The van der Waals surface area contributed by atoms with Gasteiger partial charge in [-0.1, -0.05) is 37.8 Å². The van der Waals surface area contributed by atoms with Gasteiger partial charge >= 0.3 is 0 Å². The zero-order valence-corrected chi connectivity index (χ0v) is 11.0. The Balaban J connectivity index is 2.05. The molecule has 1 N–H and O–H groups in total. The summed E-state index contributed by atoms with van der Waals surface area (Å²) in [6.07, 6.45) is 0.820. The first-order valence-electron chi connectivity index (χ1n) is 5.62. The molecule has 2 rings (SSSR count). The van der Waals surface area contributed by atoms with Crippen molar-refractivity contribution in [1.29, 1.82) is 0 Å². The lowest BCUT2D eigenvalue weighted by atomic mass is 10.2. The number of nitrogens with one attached hydrogen (secondary N) is 1. The van der Waals surface area contributed by atoms with Crippen molar-refractivity contribution < 1.29 is 4.79 Å². The summed E-state index contributed by atoms with van der Waals surface area (Å²) in [7, 11) is -1.53. The van der Waals surface area contributed by atoms with Gasteiger partial charge < -0.3 is 9.88 Å². The summed E-state index contributed by atoms with van der Waals surface area (Å²) in [4.78, 5) is 11.6. The van der Waals surface area contributed by atoms with Crippen molar-refractivity contribution in [3.8, 4) is 0 Å². The average Bonchev–Trinajstić information content (AvgIpc) is 2.15. The fraction of sp³-hybridized carbons (Fsp3) is 0.417. The maximum Gasteiger partial charge on any atom is 0.220 e. The number of benzene rings is 1. The van der Waals surface area contributed by atoms with Crippen LogP contribution in [0, 0.1) is 0 Å². The molecular weight excluding hydrogens is 216 g/mol. The summed E-state index contributed by atoms with van der Waals surface area (Å²) in [5.74, 6) is 0.285. The van der Waals surface area contributed by atoms with Gasteiger partial charge in [0, 0.05) is 5.69 Å². The van der Waals surface area contributed by atoms with Crippen molar-refractivity contribution in [2.75, 3.05) is 5.32 Å². The van der Waals surface area contributed by atoms with E-state index < -0.39 is 8.24 Å². The number of rotatable bonds is 3. The molecule has 0 bridgehead atoms. The van der Waals surface area contributed by atoms with Crippen LogP contribution >= 0.6 is 0 Å². The quantitative estimate of drug-likeness (QED) is 0.644. The molecule has 1 aliphatic heterocycles. The molecule has 1 aromatic rings. The molecule has 4 heteroatoms. The largest absolute Gasteiger partial charge is 0.365 e. The van der Waals surface area contributed by atoms with E-state index in [4.69, 9.17) is 0 Å². The molecule has 0 aromatic heterocycles. The topological polar surface area (TPSA) is 32.3 Å². The van der Waals surface area contributed by atoms with Crippen LogP contribution < -0.4 is 5.32 Å². The Bertz CT molecular complexity index is 386. The molecule has 0 spiro atoms. The van der Waals surface area contributed by atoms with Crippen molar-refractivity contribution in [3.63, 3.8) is 0 Å². The molecule has 0 aliphatic carbocycles. The predicted octanol–water partition coefficient (Wildman–Crippen LogP) is 2.49. The zero-order valence-electron chi connectivity index (χ0n) is 10.0. The minimum Gasteiger partial charge on any atom is -0.365 e. The second-order valence-corrected chi connectivity index (χ2v) is 9.99. The Kier molecular flexibility index (Phi) is 2.76. The van der Waals surface area contributed by atoms with Gasteiger partial charge in [-0.2, -0.15) is 0 Å². The van der Waals surface area contributed by atoms with Crippen molar-refractivity contribution in [3.05, 3.63) is 30.3 Å². The van der Waals surface area contributed by atoms with E-state index in [1.165, 1.54) is 0 Å². The van der Waals surface area contributed by atoms with Crippen LogP contribution in [0.3, 0.4) is 0 Å². The van der Waals surface area contributed by atoms with Crippen LogP contribution in [0.4, 0.5) is 5.69 Å². The maximum atomic E-state index is 11.6. The van der Waals surface area contributed by atoms with Crippen molar-refractivity contribution >= 4 is 19.8 Å². The summed E-state index contributed by atoms with van der Waals surface area (Å²) in [6, 6.07) is 10.1. The molecule has 1 unspecified atom stereocenters. The van der Waals surface area contributed by atoms with E-state index in [-0.39, 0.29) is 12.1 Å². The van der Waals surface area contributed by atoms with Gasteiger partial charge in [-0.05, 0) is 12.1 Å². The lowest BCUT2D eigenvalue weighted by Gasteiger charge is -2.48. The molecule has 0 saturated carbocycles. The minimum absolute atomic E-state index is 0.196. The van der Waals surface area contributed by atoms with E-state index in [0.29, 0.717) is 6.42 Å². The Morgan fingerprint density at radius 2 is 1.88 bits per heavy atom. The molecule has 16 heavy (non-hydrogen) atoms. The molecule has 1 aliphatic rings. The standard InChI is InChI=1S/C12H18N2OSi/c1-16(2,3)14-11(9-12(14)15)13-10-7-5-4-6-8-10/h4-8,11,13H,9H2,1-3H3. The van der Waals surface area contributed by atoms with Crippen molar-refractivity contribution in [2.45, 2.75) is 32.2 Å². The van der Waals surface area contributed by atoms with Gasteiger partial charge in [0.1, 0.15) is 6.17 Å². The second kappa shape index (κ2) is 3.94. The number of para-hydroxylation sites is 1. The number of β-lactam (4-membered cyclic amide) rings is 1. The summed E-state index contributed by atoms with van der Waals surface area (Å²) < 4.78 is 2.04. The number of carbonyl (C=O) groups excluding carboxylic acids is 1. The lowest BCUT2D eigenvalue weighted by molar-refractivity contribution is -0.137. The molecule has 1 atom stereocenters. The summed E-state index contributed by atoms with van der Waals surface area (Å²) in [5, 5.41) is 3.41. The highest BCUT2D eigenvalue weighted by Crippen LogP contribution is 2.27. The summed E-state index contributed by atoms with van der Waals surface area (Å²) in [5.41, 5.74) is 1.09. The third-order valence-corrected chi connectivity index (χ3v) is 4.78. The molecule has 3 nitrogen and oxygen atoms in total. The van der Waals surface area contributed by atoms with Gasteiger partial charge in [0.05, 0.1) is 6.42 Å². The van der Waals surface area contributed by atoms with Crippen LogP contribution in [0.1, 0.15) is 6.42 Å². The van der Waals surface area contributed by atoms with Crippen LogP contribution in [-0.2, 0) is 4.79 Å². The normalized spacial score (nSPS) is 20.6. The Morgan fingerprint density at radius 1 is 1.25 bits per heavy atom. The Labute approximate surface area is 97.5 Å². The van der Waals surface area contributed by atoms with E-state index >= 15 is 0 Å². The predicted molar refractivity (Wildman–Crippen MR) is 68.7 cm³/mol. The third-order valence-electron chi connectivity index (χ3n) is 2.78. The highest BCUT2D eigenvalue weighted by atomic mass is 28.3. The van der Waals surface area contributed by atoms with E-state index in [1.54, 1.807) is 0 Å². The molecule has 1 saturated heterocycles. The zero-order chi connectivity index (χ0) is 11.8. The molecule has 1 amide bonds. The fourth-order valence-electron chi connectivity index (χ4n) is 2.10. The van der Waals surface area contributed by atoms with Crippen LogP contribution in [0.2, 0.25) is 19.6 Å². The molecule has 1 fully saturated rings. The first kappa shape index (κ1) is 11.2. The summed E-state index contributed by atoms with van der Waals surface area (Å²) >= 11 is 0. The van der Waals surface area contributed by atoms with Gasteiger partial charge in [0.15, 0.2) is 8.24 Å². The number of hydrogen-bond donors (Lipinski definition) is 1. The monoisotopic (exact) mass is 234 g/mol. The van der Waals surface area contributed by atoms with Crippen LogP contribution in [0.15, 0.2) is 30.3 Å². The average molecular weight is 234 g/mol. The number of anilines is 1. The van der Waals surface area contributed by atoms with Gasteiger partial charge in [-0.25, -0.2) is 0 Å². The van der Waals surface area contributed by atoms with E-state index in [9.17, 15) is 4.79 Å². The smallest absolute Gasteiger partial charge is 0.220 e. The van der Waals surface area contributed by atoms with E-state index in [2.05, 4.69) is 25.0 Å². The second-order valence-electron chi connectivity index (χ2n) is 5.16. The number of hydrogen-bond acceptors (Lipinski definition) is 2. The first-order chi connectivity index (χ1) is 7.48. The van der Waals surface area contributed by atoms with Gasteiger partial charge in [0.2, 0.25) is 5.91 Å². The Hall–Kier alpha value is -1.29. The number of amides is 1. The molecule has 1 heterocycles. The molecule has 1 aromatic carbocycles. The third kappa shape index (κ3) is 2.11. The lowest BCUT2D eigenvalue weighted by Crippen LogP contribution is -2.66. The highest BCUT2D eigenvalue weighted by molar-refractivity contribution is 6.76. The number of nitrogens with zero attached hydrogens (tertiary/aromatic N) is 1. The Morgan fingerprint density at radius 3 is 2.38 bits per heavy atom. The van der Waals surface area contributed by atoms with Crippen LogP contribution in [-0.4, -0.2) is 24.9 Å². The molecule has 86 valence electrons. The van der Waals surface area contributed by atoms with Crippen molar-refractivity contribution in [1.82, 2.24) is 4.57 Å². The van der Waals surface area contributed by atoms with Gasteiger partial charge in [0.25, 0.3) is 0 Å². The summed E-state index contributed by atoms with van der Waals surface area (Å²) in [6.45, 7) is 6.59.